The topological polar surface area (TPSA) is 67.3 Å². The van der Waals surface area contributed by atoms with E-state index in [1.54, 1.807) is 18.4 Å². The number of rotatable bonds is 6. The molecule has 4 rings (SSSR count). The Labute approximate surface area is 176 Å². The van der Waals surface area contributed by atoms with Crippen LogP contribution in [0.3, 0.4) is 0 Å². The van der Waals surface area contributed by atoms with Crippen molar-refractivity contribution in [1.82, 2.24) is 15.1 Å². The average molecular weight is 415 g/mol. The first-order chi connectivity index (χ1) is 14.2. The molecule has 1 saturated carbocycles. The molecule has 1 aromatic heterocycles. The maximum Gasteiger partial charge on any atom is 0.229 e. The second-order valence-corrected chi connectivity index (χ2v) is 9.14. The van der Waals surface area contributed by atoms with E-state index in [1.807, 2.05) is 18.2 Å². The quantitative estimate of drug-likeness (QED) is 0.757. The van der Waals surface area contributed by atoms with E-state index < -0.39 is 0 Å². The number of anilines is 1. The van der Waals surface area contributed by atoms with Crippen molar-refractivity contribution in [3.05, 3.63) is 34.8 Å². The molecule has 156 valence electrons. The Morgan fingerprint density at radius 3 is 2.66 bits per heavy atom. The fraction of sp³-hybridized carbons (Fsp3) is 0.591. The summed E-state index contributed by atoms with van der Waals surface area (Å²) < 4.78 is 5.46. The fourth-order valence-electron chi connectivity index (χ4n) is 4.43. The molecule has 1 N–H and O–H groups in total. The Hall–Kier alpha value is -1.99. The average Bonchev–Trinajstić information content (AvgIpc) is 3.24. The monoisotopic (exact) mass is 414 g/mol. The van der Waals surface area contributed by atoms with Crippen molar-refractivity contribution in [2.45, 2.75) is 57.4 Å². The molecule has 2 heterocycles. The maximum absolute atomic E-state index is 12.7. The molecule has 1 aliphatic carbocycles. The molecule has 0 unspecified atom stereocenters. The van der Waals surface area contributed by atoms with Gasteiger partial charge >= 0.3 is 0 Å². The summed E-state index contributed by atoms with van der Waals surface area (Å²) in [6.07, 6.45) is 8.03. The van der Waals surface area contributed by atoms with Gasteiger partial charge in [-0.25, -0.2) is 0 Å². The number of nitrogens with zero attached hydrogens (tertiary/aromatic N) is 3. The van der Waals surface area contributed by atoms with Crippen LogP contribution in [0.25, 0.3) is 0 Å². The third-order valence-electron chi connectivity index (χ3n) is 6.17. The molecule has 0 bridgehead atoms. The van der Waals surface area contributed by atoms with Gasteiger partial charge in [0.1, 0.15) is 10.8 Å². The van der Waals surface area contributed by atoms with Crippen molar-refractivity contribution in [2.24, 2.45) is 5.92 Å². The van der Waals surface area contributed by atoms with E-state index in [0.717, 1.165) is 43.2 Å². The van der Waals surface area contributed by atoms with Gasteiger partial charge in [-0.1, -0.05) is 48.8 Å². The summed E-state index contributed by atoms with van der Waals surface area (Å²) in [6, 6.07) is 8.14. The first-order valence-corrected chi connectivity index (χ1v) is 11.5. The van der Waals surface area contributed by atoms with Crippen molar-refractivity contribution >= 4 is 22.4 Å². The number of aromatic nitrogens is 2. The van der Waals surface area contributed by atoms with Gasteiger partial charge < -0.3 is 10.1 Å². The van der Waals surface area contributed by atoms with Crippen molar-refractivity contribution in [2.75, 3.05) is 25.5 Å². The van der Waals surface area contributed by atoms with Gasteiger partial charge in [0, 0.05) is 23.9 Å². The van der Waals surface area contributed by atoms with E-state index in [-0.39, 0.29) is 11.8 Å². The SMILES string of the molecule is COc1ccccc1CN1CCC(C(=O)Nc2nnc(C3CCCCC3)s2)CC1. The first kappa shape index (κ1) is 20.3. The van der Waals surface area contributed by atoms with Crippen LogP contribution < -0.4 is 10.1 Å². The molecule has 1 amide bonds. The van der Waals surface area contributed by atoms with Crippen LogP contribution in [0.1, 0.15) is 61.4 Å². The number of methoxy groups -OCH3 is 1. The normalized spacial score (nSPS) is 19.2. The summed E-state index contributed by atoms with van der Waals surface area (Å²) in [5, 5.41) is 13.3. The summed E-state index contributed by atoms with van der Waals surface area (Å²) in [5.74, 6) is 1.60. The molecule has 0 radical (unpaired) electrons. The smallest absolute Gasteiger partial charge is 0.229 e. The molecule has 29 heavy (non-hydrogen) atoms. The number of likely N-dealkylation sites (tertiary alicyclic amines) is 1. The number of piperidine rings is 1. The Kier molecular flexibility index (Phi) is 6.77. The van der Waals surface area contributed by atoms with Crippen LogP contribution in [0.4, 0.5) is 5.13 Å². The number of hydrogen-bond donors (Lipinski definition) is 1. The zero-order valence-electron chi connectivity index (χ0n) is 17.1. The summed E-state index contributed by atoms with van der Waals surface area (Å²) in [4.78, 5) is 15.1. The van der Waals surface area contributed by atoms with Gasteiger partial charge in [-0.3, -0.25) is 9.69 Å². The Bertz CT molecular complexity index is 811. The highest BCUT2D eigenvalue weighted by molar-refractivity contribution is 7.15. The van der Waals surface area contributed by atoms with Crippen molar-refractivity contribution in [3.8, 4) is 5.75 Å². The highest BCUT2D eigenvalue weighted by Crippen LogP contribution is 2.35. The molecule has 0 spiro atoms. The molecule has 2 aliphatic rings. The lowest BCUT2D eigenvalue weighted by molar-refractivity contribution is -0.121. The molecule has 1 aliphatic heterocycles. The molecule has 7 heteroatoms. The number of carbonyl (C=O) groups excluding carboxylic acids is 1. The van der Waals surface area contributed by atoms with E-state index >= 15 is 0 Å². The number of amides is 1. The van der Waals surface area contributed by atoms with E-state index in [4.69, 9.17) is 4.74 Å². The van der Waals surface area contributed by atoms with Crippen molar-refractivity contribution in [3.63, 3.8) is 0 Å². The predicted molar refractivity (Wildman–Crippen MR) is 115 cm³/mol. The second kappa shape index (κ2) is 9.67. The number of hydrogen-bond acceptors (Lipinski definition) is 6. The molecule has 6 nitrogen and oxygen atoms in total. The van der Waals surface area contributed by atoms with Gasteiger partial charge in [0.2, 0.25) is 11.0 Å². The Morgan fingerprint density at radius 2 is 1.90 bits per heavy atom. The summed E-state index contributed by atoms with van der Waals surface area (Å²) in [5.41, 5.74) is 1.20. The van der Waals surface area contributed by atoms with Gasteiger partial charge in [-0.05, 0) is 44.8 Å². The number of para-hydroxylation sites is 1. The summed E-state index contributed by atoms with van der Waals surface area (Å²) in [7, 11) is 1.71. The van der Waals surface area contributed by atoms with Crippen molar-refractivity contribution in [1.29, 1.82) is 0 Å². The summed E-state index contributed by atoms with van der Waals surface area (Å²) in [6.45, 7) is 2.69. The lowest BCUT2D eigenvalue weighted by atomic mass is 9.90. The highest BCUT2D eigenvalue weighted by atomic mass is 32.1. The maximum atomic E-state index is 12.7. The fourth-order valence-corrected chi connectivity index (χ4v) is 5.35. The van der Waals surface area contributed by atoms with Crippen LogP contribution in [-0.2, 0) is 11.3 Å². The van der Waals surface area contributed by atoms with E-state index in [9.17, 15) is 4.79 Å². The third-order valence-corrected chi connectivity index (χ3v) is 7.17. The Morgan fingerprint density at radius 1 is 1.14 bits per heavy atom. The van der Waals surface area contributed by atoms with Crippen LogP contribution in [0.15, 0.2) is 24.3 Å². The largest absolute Gasteiger partial charge is 0.496 e. The van der Waals surface area contributed by atoms with Crippen LogP contribution in [0.2, 0.25) is 0 Å². The molecule has 0 atom stereocenters. The van der Waals surface area contributed by atoms with E-state index in [0.29, 0.717) is 11.0 Å². The van der Waals surface area contributed by atoms with Crippen LogP contribution in [0.5, 0.6) is 5.75 Å². The highest BCUT2D eigenvalue weighted by Gasteiger charge is 2.27. The number of nitrogens with one attached hydrogen (secondary N) is 1. The van der Waals surface area contributed by atoms with E-state index in [1.165, 1.54) is 37.7 Å². The van der Waals surface area contributed by atoms with Gasteiger partial charge in [0.25, 0.3) is 0 Å². The van der Waals surface area contributed by atoms with Crippen molar-refractivity contribution < 1.29 is 9.53 Å². The zero-order valence-corrected chi connectivity index (χ0v) is 17.9. The number of carbonyl (C=O) groups is 1. The Balaban J connectivity index is 1.26. The molecule has 1 saturated heterocycles. The van der Waals surface area contributed by atoms with Crippen LogP contribution in [0, 0.1) is 5.92 Å². The molecular formula is C22H30N4O2S. The third kappa shape index (κ3) is 5.14. The van der Waals surface area contributed by atoms with Gasteiger partial charge in [-0.2, -0.15) is 0 Å². The van der Waals surface area contributed by atoms with Crippen LogP contribution in [-0.4, -0.2) is 41.2 Å². The molecule has 2 aromatic rings. The molecule has 1 aromatic carbocycles. The van der Waals surface area contributed by atoms with E-state index in [2.05, 4.69) is 26.5 Å². The van der Waals surface area contributed by atoms with Gasteiger partial charge in [0.15, 0.2) is 0 Å². The first-order valence-electron chi connectivity index (χ1n) is 10.7. The summed E-state index contributed by atoms with van der Waals surface area (Å²) >= 11 is 1.56. The zero-order chi connectivity index (χ0) is 20.1. The lowest BCUT2D eigenvalue weighted by Crippen LogP contribution is -2.37. The molecular weight excluding hydrogens is 384 g/mol. The number of ether oxygens (including phenoxy) is 1. The second-order valence-electron chi connectivity index (χ2n) is 8.13. The minimum atomic E-state index is 0.0472. The minimum absolute atomic E-state index is 0.0472. The predicted octanol–water partition coefficient (Wildman–Crippen LogP) is 4.45. The number of benzene rings is 1. The minimum Gasteiger partial charge on any atom is -0.496 e. The van der Waals surface area contributed by atoms with Gasteiger partial charge in [0.05, 0.1) is 7.11 Å². The van der Waals surface area contributed by atoms with Gasteiger partial charge in [-0.15, -0.1) is 10.2 Å². The molecule has 2 fully saturated rings. The lowest BCUT2D eigenvalue weighted by Gasteiger charge is -2.31. The van der Waals surface area contributed by atoms with Crippen LogP contribution >= 0.6 is 11.3 Å². The standard InChI is InChI=1S/C22H30N4O2S/c1-28-19-10-6-5-9-18(19)15-26-13-11-16(12-14-26)20(27)23-22-25-24-21(29-22)17-7-3-2-4-8-17/h5-6,9-10,16-17H,2-4,7-8,11-15H2,1H3,(H,23,25,27).